The third-order valence-electron chi connectivity index (χ3n) is 1.91. The number of halogens is 1. The highest BCUT2D eigenvalue weighted by Crippen LogP contribution is 2.16. The highest BCUT2D eigenvalue weighted by molar-refractivity contribution is 5.85. The van der Waals surface area contributed by atoms with E-state index in [1.165, 1.54) is 12.4 Å². The van der Waals surface area contributed by atoms with E-state index in [9.17, 15) is 5.21 Å². The average Bonchev–Trinajstić information content (AvgIpc) is 2.20. The SMILES string of the molecule is Cl.[O-][n+]1ccc(-c2ccccc2)cc1. The lowest BCUT2D eigenvalue weighted by atomic mass is 10.1. The zero-order valence-electron chi connectivity index (χ0n) is 7.46. The van der Waals surface area contributed by atoms with E-state index in [1.807, 2.05) is 42.5 Å². The topological polar surface area (TPSA) is 26.9 Å². The lowest BCUT2D eigenvalue weighted by molar-refractivity contribution is -0.605. The van der Waals surface area contributed by atoms with Crippen molar-refractivity contribution in [1.29, 1.82) is 0 Å². The number of nitrogens with zero attached hydrogens (tertiary/aromatic N) is 1. The second-order valence-electron chi connectivity index (χ2n) is 2.81. The molecule has 0 fully saturated rings. The Morgan fingerprint density at radius 2 is 1.29 bits per heavy atom. The maximum absolute atomic E-state index is 10.8. The maximum atomic E-state index is 10.8. The zero-order chi connectivity index (χ0) is 9.10. The van der Waals surface area contributed by atoms with E-state index in [4.69, 9.17) is 0 Å². The van der Waals surface area contributed by atoms with Crippen molar-refractivity contribution in [2.24, 2.45) is 0 Å². The molecule has 14 heavy (non-hydrogen) atoms. The van der Waals surface area contributed by atoms with E-state index < -0.39 is 0 Å². The largest absolute Gasteiger partial charge is 0.619 e. The summed E-state index contributed by atoms with van der Waals surface area (Å²) in [5.74, 6) is 0. The molecule has 2 aromatic rings. The van der Waals surface area contributed by atoms with Gasteiger partial charge < -0.3 is 5.21 Å². The Hall–Kier alpha value is -1.54. The van der Waals surface area contributed by atoms with Gasteiger partial charge in [-0.25, -0.2) is 0 Å². The smallest absolute Gasteiger partial charge is 0.180 e. The third kappa shape index (κ3) is 2.24. The minimum Gasteiger partial charge on any atom is -0.619 e. The lowest BCUT2D eigenvalue weighted by Crippen LogP contribution is -2.23. The molecule has 0 spiro atoms. The predicted octanol–water partition coefficient (Wildman–Crippen LogP) is 2.41. The first-order valence-electron chi connectivity index (χ1n) is 4.10. The molecular weight excluding hydrogens is 198 g/mol. The number of benzene rings is 1. The van der Waals surface area contributed by atoms with Crippen molar-refractivity contribution in [3.63, 3.8) is 0 Å². The van der Waals surface area contributed by atoms with Crippen LogP contribution in [0.5, 0.6) is 0 Å². The van der Waals surface area contributed by atoms with Crippen LogP contribution in [0, 0.1) is 5.21 Å². The number of hydrogen-bond donors (Lipinski definition) is 0. The van der Waals surface area contributed by atoms with Gasteiger partial charge >= 0.3 is 0 Å². The summed E-state index contributed by atoms with van der Waals surface area (Å²) < 4.78 is 0.784. The molecule has 0 amide bonds. The van der Waals surface area contributed by atoms with Crippen molar-refractivity contribution in [1.82, 2.24) is 0 Å². The fraction of sp³-hybridized carbons (Fsp3) is 0. The van der Waals surface area contributed by atoms with Gasteiger partial charge in [0.2, 0.25) is 0 Å². The Morgan fingerprint density at radius 1 is 0.786 bits per heavy atom. The Labute approximate surface area is 88.8 Å². The first-order valence-corrected chi connectivity index (χ1v) is 4.10. The molecular formula is C11H10ClNO. The van der Waals surface area contributed by atoms with E-state index in [0.29, 0.717) is 0 Å². The average molecular weight is 208 g/mol. The first-order chi connectivity index (χ1) is 6.36. The van der Waals surface area contributed by atoms with Gasteiger partial charge in [0, 0.05) is 12.1 Å². The van der Waals surface area contributed by atoms with Crippen LogP contribution >= 0.6 is 12.4 Å². The Kier molecular flexibility index (Phi) is 3.48. The van der Waals surface area contributed by atoms with E-state index in [2.05, 4.69) is 0 Å². The lowest BCUT2D eigenvalue weighted by Gasteiger charge is -1.99. The first kappa shape index (κ1) is 10.5. The van der Waals surface area contributed by atoms with Crippen LogP contribution in [0.25, 0.3) is 11.1 Å². The minimum atomic E-state index is 0. The highest BCUT2D eigenvalue weighted by Gasteiger charge is 1.96. The van der Waals surface area contributed by atoms with Crippen molar-refractivity contribution in [2.75, 3.05) is 0 Å². The molecule has 0 unspecified atom stereocenters. The molecule has 0 saturated heterocycles. The van der Waals surface area contributed by atoms with E-state index in [-0.39, 0.29) is 12.4 Å². The fourth-order valence-corrected chi connectivity index (χ4v) is 1.24. The molecule has 0 N–H and O–H groups in total. The predicted molar refractivity (Wildman–Crippen MR) is 58.1 cm³/mol. The zero-order valence-corrected chi connectivity index (χ0v) is 8.28. The number of aromatic nitrogens is 1. The molecule has 1 aromatic heterocycles. The van der Waals surface area contributed by atoms with Crippen LogP contribution in [0.4, 0.5) is 0 Å². The molecule has 0 radical (unpaired) electrons. The number of hydrogen-bond acceptors (Lipinski definition) is 1. The molecule has 1 heterocycles. The van der Waals surface area contributed by atoms with Gasteiger partial charge in [0.25, 0.3) is 0 Å². The Bertz CT molecular complexity index is 386. The summed E-state index contributed by atoms with van der Waals surface area (Å²) in [7, 11) is 0. The number of rotatable bonds is 1. The Balaban J connectivity index is 0.000000980. The molecule has 0 aliphatic carbocycles. The second-order valence-corrected chi connectivity index (χ2v) is 2.81. The van der Waals surface area contributed by atoms with Crippen molar-refractivity contribution < 1.29 is 4.73 Å². The monoisotopic (exact) mass is 207 g/mol. The molecule has 1 aromatic carbocycles. The van der Waals surface area contributed by atoms with Crippen LogP contribution in [0.15, 0.2) is 54.9 Å². The Morgan fingerprint density at radius 3 is 1.86 bits per heavy atom. The molecule has 2 rings (SSSR count). The second kappa shape index (κ2) is 4.63. The molecule has 3 heteroatoms. The third-order valence-corrected chi connectivity index (χ3v) is 1.91. The van der Waals surface area contributed by atoms with Crippen LogP contribution in [0.1, 0.15) is 0 Å². The van der Waals surface area contributed by atoms with Crippen LogP contribution in [0.2, 0.25) is 0 Å². The fourth-order valence-electron chi connectivity index (χ4n) is 1.24. The molecule has 2 nitrogen and oxygen atoms in total. The van der Waals surface area contributed by atoms with Crippen molar-refractivity contribution in [3.05, 3.63) is 60.1 Å². The van der Waals surface area contributed by atoms with Gasteiger partial charge in [0.1, 0.15) is 0 Å². The number of pyridine rings is 1. The van der Waals surface area contributed by atoms with E-state index in [1.54, 1.807) is 0 Å². The van der Waals surface area contributed by atoms with E-state index in [0.717, 1.165) is 15.9 Å². The van der Waals surface area contributed by atoms with Gasteiger partial charge in [-0.15, -0.1) is 12.4 Å². The molecule has 0 atom stereocenters. The summed E-state index contributed by atoms with van der Waals surface area (Å²) in [5.41, 5.74) is 2.19. The molecule has 72 valence electrons. The van der Waals surface area contributed by atoms with Gasteiger partial charge in [-0.2, -0.15) is 4.73 Å². The summed E-state index contributed by atoms with van der Waals surface area (Å²) in [6, 6.07) is 13.6. The van der Waals surface area contributed by atoms with Crippen molar-refractivity contribution in [2.45, 2.75) is 0 Å². The van der Waals surface area contributed by atoms with Crippen LogP contribution in [-0.2, 0) is 0 Å². The summed E-state index contributed by atoms with van der Waals surface area (Å²) in [4.78, 5) is 0. The quantitative estimate of drug-likeness (QED) is 0.521. The normalized spacial score (nSPS) is 9.14. The molecule has 0 saturated carbocycles. The maximum Gasteiger partial charge on any atom is 0.180 e. The minimum absolute atomic E-state index is 0. The van der Waals surface area contributed by atoms with Gasteiger partial charge in [0.05, 0.1) is 0 Å². The van der Waals surface area contributed by atoms with Crippen LogP contribution < -0.4 is 4.73 Å². The van der Waals surface area contributed by atoms with Gasteiger partial charge in [-0.3, -0.25) is 0 Å². The molecule has 0 aliphatic rings. The standard InChI is InChI=1S/C11H9NO.ClH/c13-12-8-6-11(7-9-12)10-4-2-1-3-5-10;/h1-9H;1H. The van der Waals surface area contributed by atoms with Gasteiger partial charge in [0.15, 0.2) is 12.4 Å². The van der Waals surface area contributed by atoms with Crippen molar-refractivity contribution in [3.8, 4) is 11.1 Å². The van der Waals surface area contributed by atoms with Crippen molar-refractivity contribution >= 4 is 12.4 Å². The van der Waals surface area contributed by atoms with Gasteiger partial charge in [-0.1, -0.05) is 30.3 Å². The summed E-state index contributed by atoms with van der Waals surface area (Å²) >= 11 is 0. The molecule has 0 aliphatic heterocycles. The summed E-state index contributed by atoms with van der Waals surface area (Å²) in [6.07, 6.45) is 3.00. The molecule has 0 bridgehead atoms. The van der Waals surface area contributed by atoms with Gasteiger partial charge in [-0.05, 0) is 11.1 Å². The summed E-state index contributed by atoms with van der Waals surface area (Å²) in [6.45, 7) is 0. The summed E-state index contributed by atoms with van der Waals surface area (Å²) in [5, 5.41) is 10.8. The van der Waals surface area contributed by atoms with Crippen LogP contribution in [0.3, 0.4) is 0 Å². The highest BCUT2D eigenvalue weighted by atomic mass is 35.5. The van der Waals surface area contributed by atoms with Crippen LogP contribution in [-0.4, -0.2) is 0 Å². The van der Waals surface area contributed by atoms with E-state index >= 15 is 0 Å².